The maximum Gasteiger partial charge on any atom is 0.417 e. The molecule has 0 aliphatic carbocycles. The Kier molecular flexibility index (Phi) is 7.94. The van der Waals surface area contributed by atoms with Crippen LogP contribution in [0.3, 0.4) is 0 Å². The Labute approximate surface area is 200 Å². The highest BCUT2D eigenvalue weighted by Crippen LogP contribution is 2.33. The molecule has 3 aromatic rings. The van der Waals surface area contributed by atoms with E-state index >= 15 is 0 Å². The number of ether oxygens (including phenoxy) is 2. The lowest BCUT2D eigenvalue weighted by Gasteiger charge is -2.36. The van der Waals surface area contributed by atoms with Crippen LogP contribution >= 0.6 is 0 Å². The van der Waals surface area contributed by atoms with E-state index in [1.54, 1.807) is 12.1 Å². The van der Waals surface area contributed by atoms with Crippen molar-refractivity contribution in [3.05, 3.63) is 96.1 Å². The van der Waals surface area contributed by atoms with Crippen molar-refractivity contribution in [2.75, 3.05) is 25.0 Å². The molecule has 1 amide bonds. The van der Waals surface area contributed by atoms with Crippen molar-refractivity contribution < 1.29 is 19.1 Å². The summed E-state index contributed by atoms with van der Waals surface area (Å²) in [6.45, 7) is 3.84. The predicted octanol–water partition coefficient (Wildman–Crippen LogP) is 5.78. The molecule has 6 nitrogen and oxygen atoms in total. The summed E-state index contributed by atoms with van der Waals surface area (Å²) in [5.74, 6) is 0.713. The Morgan fingerprint density at radius 1 is 0.912 bits per heavy atom. The maximum absolute atomic E-state index is 12.7. The number of esters is 1. The van der Waals surface area contributed by atoms with Gasteiger partial charge in [-0.05, 0) is 74.2 Å². The lowest BCUT2D eigenvalue weighted by atomic mass is 9.88. The average Bonchev–Trinajstić information content (AvgIpc) is 2.87. The average molecular weight is 459 g/mol. The first-order valence-electron chi connectivity index (χ1n) is 11.7. The zero-order valence-electron chi connectivity index (χ0n) is 19.4. The summed E-state index contributed by atoms with van der Waals surface area (Å²) < 4.78 is 10.7. The van der Waals surface area contributed by atoms with Crippen molar-refractivity contribution in [2.45, 2.75) is 31.7 Å². The highest BCUT2D eigenvalue weighted by Gasteiger charge is 2.32. The molecule has 0 spiro atoms. The van der Waals surface area contributed by atoms with Crippen LogP contribution in [0.2, 0.25) is 0 Å². The van der Waals surface area contributed by atoms with Crippen LogP contribution in [0.1, 0.15) is 42.9 Å². The summed E-state index contributed by atoms with van der Waals surface area (Å²) in [5.41, 5.74) is 2.89. The molecule has 0 aromatic heterocycles. The molecule has 0 bridgehead atoms. The largest absolute Gasteiger partial charge is 0.465 e. The van der Waals surface area contributed by atoms with E-state index in [2.05, 4.69) is 22.3 Å². The molecule has 1 N–H and O–H groups in total. The highest BCUT2D eigenvalue weighted by atomic mass is 16.6. The number of hydrogen-bond acceptors (Lipinski definition) is 5. The predicted molar refractivity (Wildman–Crippen MR) is 132 cm³/mol. The van der Waals surface area contributed by atoms with E-state index in [1.165, 1.54) is 5.56 Å². The number of likely N-dealkylation sites (tertiary alicyclic amines) is 1. The first-order valence-corrected chi connectivity index (χ1v) is 11.7. The number of anilines is 1. The zero-order chi connectivity index (χ0) is 23.8. The number of nitrogens with one attached hydrogen (secondary N) is 1. The number of rotatable bonds is 7. The number of piperidine rings is 1. The molecule has 1 atom stereocenters. The fraction of sp³-hybridized carbons (Fsp3) is 0.286. The second-order valence-electron chi connectivity index (χ2n) is 8.33. The lowest BCUT2D eigenvalue weighted by Crippen LogP contribution is -2.40. The molecule has 6 heteroatoms. The molecule has 1 saturated heterocycles. The third-order valence-electron chi connectivity index (χ3n) is 6.10. The summed E-state index contributed by atoms with van der Waals surface area (Å²) in [4.78, 5) is 27.1. The number of para-hydroxylation sites is 1. The zero-order valence-corrected chi connectivity index (χ0v) is 19.4. The van der Waals surface area contributed by atoms with Crippen LogP contribution in [0.4, 0.5) is 10.5 Å². The Morgan fingerprint density at radius 2 is 1.53 bits per heavy atom. The summed E-state index contributed by atoms with van der Waals surface area (Å²) in [6, 6.07) is 26.4. The second kappa shape index (κ2) is 11.5. The highest BCUT2D eigenvalue weighted by molar-refractivity contribution is 5.86. The number of benzene rings is 3. The van der Waals surface area contributed by atoms with Gasteiger partial charge in [-0.1, -0.05) is 60.7 Å². The van der Waals surface area contributed by atoms with Crippen molar-refractivity contribution in [1.29, 1.82) is 0 Å². The summed E-state index contributed by atoms with van der Waals surface area (Å²) in [6.07, 6.45) is 1.38. The number of hydrogen-bond donors (Lipinski definition) is 1. The van der Waals surface area contributed by atoms with Gasteiger partial charge in [-0.3, -0.25) is 10.2 Å². The molecular formula is C28H30N2O4. The lowest BCUT2D eigenvalue weighted by molar-refractivity contribution is -0.150. The molecule has 4 rings (SSSR count). The van der Waals surface area contributed by atoms with E-state index in [9.17, 15) is 9.59 Å². The number of carbonyl (C=O) groups is 2. The van der Waals surface area contributed by atoms with Gasteiger partial charge in [-0.25, -0.2) is 9.59 Å². The van der Waals surface area contributed by atoms with Crippen molar-refractivity contribution >= 4 is 17.7 Å². The van der Waals surface area contributed by atoms with E-state index in [-0.39, 0.29) is 12.0 Å². The van der Waals surface area contributed by atoms with E-state index in [0.717, 1.165) is 31.5 Å². The van der Waals surface area contributed by atoms with Crippen molar-refractivity contribution in [3.63, 3.8) is 0 Å². The topological polar surface area (TPSA) is 67.9 Å². The van der Waals surface area contributed by atoms with Gasteiger partial charge in [0, 0.05) is 5.69 Å². The van der Waals surface area contributed by atoms with Crippen LogP contribution in [0, 0.1) is 0 Å². The Bertz CT molecular complexity index is 1060. The molecule has 34 heavy (non-hydrogen) atoms. The molecule has 0 radical (unpaired) electrons. The van der Waals surface area contributed by atoms with Crippen LogP contribution in [0.5, 0.6) is 5.75 Å². The van der Waals surface area contributed by atoms with Crippen LogP contribution in [0.15, 0.2) is 84.9 Å². The minimum Gasteiger partial charge on any atom is -0.465 e. The first-order chi connectivity index (χ1) is 16.6. The van der Waals surface area contributed by atoms with E-state index < -0.39 is 6.09 Å². The Hall–Kier alpha value is -3.64. The summed E-state index contributed by atoms with van der Waals surface area (Å²) in [5, 5.41) is 2.76. The Balaban J connectivity index is 1.34. The van der Waals surface area contributed by atoms with Crippen molar-refractivity contribution in [2.24, 2.45) is 0 Å². The molecule has 1 unspecified atom stereocenters. The normalized spacial score (nSPS) is 15.3. The third kappa shape index (κ3) is 6.02. The second-order valence-corrected chi connectivity index (χ2v) is 8.33. The van der Waals surface area contributed by atoms with E-state index in [0.29, 0.717) is 24.0 Å². The molecular weight excluding hydrogens is 428 g/mol. The smallest absolute Gasteiger partial charge is 0.417 e. The van der Waals surface area contributed by atoms with Gasteiger partial charge in [0.15, 0.2) is 0 Å². The third-order valence-corrected chi connectivity index (χ3v) is 6.10. The summed E-state index contributed by atoms with van der Waals surface area (Å²) in [7, 11) is 0. The molecule has 1 fully saturated rings. The van der Waals surface area contributed by atoms with Crippen molar-refractivity contribution in [3.8, 4) is 5.75 Å². The maximum atomic E-state index is 12.7. The van der Waals surface area contributed by atoms with Gasteiger partial charge < -0.3 is 9.47 Å². The first kappa shape index (κ1) is 23.5. The number of amides is 1. The quantitative estimate of drug-likeness (QED) is 0.455. The van der Waals surface area contributed by atoms with Crippen LogP contribution in [0.25, 0.3) is 0 Å². The molecule has 1 heterocycles. The number of nitrogens with zero attached hydrogens (tertiary/aromatic N) is 1. The molecule has 1 aliphatic heterocycles. The molecule has 3 aromatic carbocycles. The monoisotopic (exact) mass is 458 g/mol. The van der Waals surface area contributed by atoms with Gasteiger partial charge >= 0.3 is 12.1 Å². The minimum atomic E-state index is -0.516. The van der Waals surface area contributed by atoms with Gasteiger partial charge in [-0.15, -0.1) is 0 Å². The van der Waals surface area contributed by atoms with Crippen molar-refractivity contribution in [1.82, 2.24) is 4.90 Å². The van der Waals surface area contributed by atoms with Gasteiger partial charge in [0.25, 0.3) is 0 Å². The van der Waals surface area contributed by atoms with E-state index in [4.69, 9.17) is 9.47 Å². The fourth-order valence-electron chi connectivity index (χ4n) is 4.42. The SMILES string of the molecule is CCOC(=O)C(c1ccccc1)N1CCC(c2ccc(NC(=O)Oc3ccccc3)cc2)CC1. The fourth-order valence-corrected chi connectivity index (χ4v) is 4.42. The summed E-state index contributed by atoms with van der Waals surface area (Å²) >= 11 is 0. The minimum absolute atomic E-state index is 0.190. The Morgan fingerprint density at radius 3 is 2.15 bits per heavy atom. The molecule has 0 saturated carbocycles. The van der Waals surface area contributed by atoms with Gasteiger partial charge in [0.05, 0.1) is 6.61 Å². The standard InChI is InChI=1S/C28H30N2O4/c1-2-33-27(31)26(23-9-5-3-6-10-23)30-19-17-22(18-20-30)21-13-15-24(16-14-21)29-28(32)34-25-11-7-4-8-12-25/h3-16,22,26H,2,17-20H2,1H3,(H,29,32). The van der Waals surface area contributed by atoms with Gasteiger partial charge in [-0.2, -0.15) is 0 Å². The van der Waals surface area contributed by atoms with Gasteiger partial charge in [0.1, 0.15) is 11.8 Å². The number of carbonyl (C=O) groups excluding carboxylic acids is 2. The van der Waals surface area contributed by atoms with Crippen LogP contribution in [-0.2, 0) is 9.53 Å². The molecule has 176 valence electrons. The van der Waals surface area contributed by atoms with E-state index in [1.807, 2.05) is 67.6 Å². The van der Waals surface area contributed by atoms with Crippen LogP contribution < -0.4 is 10.1 Å². The van der Waals surface area contributed by atoms with Gasteiger partial charge in [0.2, 0.25) is 0 Å². The molecule has 1 aliphatic rings. The van der Waals surface area contributed by atoms with Crippen LogP contribution in [-0.4, -0.2) is 36.7 Å².